The summed E-state index contributed by atoms with van der Waals surface area (Å²) in [4.78, 5) is 32.9. The highest BCUT2D eigenvalue weighted by Crippen LogP contribution is 2.35. The first kappa shape index (κ1) is 23.9. The lowest BCUT2D eigenvalue weighted by Crippen LogP contribution is -2.38. The second-order valence-electron chi connectivity index (χ2n) is 8.75. The van der Waals surface area contributed by atoms with E-state index in [1.807, 2.05) is 49.4 Å². The summed E-state index contributed by atoms with van der Waals surface area (Å²) in [5.41, 5.74) is 2.25. The maximum absolute atomic E-state index is 13.4. The molecule has 0 aromatic heterocycles. The third-order valence-corrected chi connectivity index (χ3v) is 7.91. The number of carbonyl (C=O) groups is 2. The fourth-order valence-electron chi connectivity index (χ4n) is 4.41. The van der Waals surface area contributed by atoms with E-state index in [0.29, 0.717) is 29.0 Å². The van der Waals surface area contributed by atoms with Crippen LogP contribution in [-0.4, -0.2) is 46.4 Å². The van der Waals surface area contributed by atoms with Crippen LogP contribution in [0.2, 0.25) is 5.02 Å². The Kier molecular flexibility index (Phi) is 7.09. The number of ether oxygens (including phenoxy) is 1. The molecule has 1 N–H and O–H groups in total. The summed E-state index contributed by atoms with van der Waals surface area (Å²) in [5.74, 6) is -0.341. The molecule has 180 valence electrons. The number of halogens is 1. The number of rotatable bonds is 6. The van der Waals surface area contributed by atoms with E-state index in [1.54, 1.807) is 23.1 Å². The van der Waals surface area contributed by atoms with Crippen LogP contribution in [0.1, 0.15) is 24.8 Å². The number of hydrogen-bond acceptors (Lipinski definition) is 5. The molecule has 2 atom stereocenters. The molecule has 0 radical (unpaired) electrons. The van der Waals surface area contributed by atoms with E-state index in [2.05, 4.69) is 5.32 Å². The van der Waals surface area contributed by atoms with Crippen LogP contribution in [-0.2, 0) is 14.3 Å². The van der Waals surface area contributed by atoms with Crippen molar-refractivity contribution >= 4 is 62.5 Å². The zero-order valence-corrected chi connectivity index (χ0v) is 20.9. The SMILES string of the molecule is Cc1c(Cl)cccc1NC(=O)C[C@@H]1SC(=Nc2cccc3ccccc23)N(C[C@@H]2CCCO2)C1=O. The number of amides is 2. The minimum absolute atomic E-state index is 0.0149. The molecule has 8 heteroatoms. The molecule has 3 aromatic rings. The van der Waals surface area contributed by atoms with E-state index in [1.165, 1.54) is 11.8 Å². The van der Waals surface area contributed by atoms with Gasteiger partial charge < -0.3 is 10.1 Å². The van der Waals surface area contributed by atoms with Gasteiger partial charge in [0.05, 0.1) is 18.3 Å². The normalized spacial score (nSPS) is 21.3. The Bertz CT molecular complexity index is 1300. The van der Waals surface area contributed by atoms with Gasteiger partial charge in [0.25, 0.3) is 0 Å². The van der Waals surface area contributed by atoms with Crippen molar-refractivity contribution < 1.29 is 14.3 Å². The summed E-state index contributed by atoms with van der Waals surface area (Å²) in [6.45, 7) is 3.01. The molecule has 2 heterocycles. The zero-order valence-electron chi connectivity index (χ0n) is 19.4. The fourth-order valence-corrected chi connectivity index (χ4v) is 5.74. The molecule has 3 aromatic carbocycles. The lowest BCUT2D eigenvalue weighted by molar-refractivity contribution is -0.129. The molecular formula is C27H26ClN3O3S. The second-order valence-corrected chi connectivity index (χ2v) is 10.3. The number of thioether (sulfide) groups is 1. The third kappa shape index (κ3) is 5.22. The van der Waals surface area contributed by atoms with Crippen molar-refractivity contribution in [2.45, 2.75) is 37.5 Å². The van der Waals surface area contributed by atoms with Crippen LogP contribution in [0.4, 0.5) is 11.4 Å². The Labute approximate surface area is 213 Å². The Morgan fingerprint density at radius 1 is 1.17 bits per heavy atom. The standard InChI is InChI=1S/C27H26ClN3O3S/c1-17-21(28)11-5-12-22(17)29-25(32)15-24-26(33)31(16-19-9-6-14-34-19)27(35-24)30-23-13-4-8-18-7-2-3-10-20(18)23/h2-5,7-8,10-13,19,24H,6,9,14-16H2,1H3,(H,29,32)/t19-,24-/m0/s1. The lowest BCUT2D eigenvalue weighted by atomic mass is 10.1. The Hall–Kier alpha value is -2.87. The fraction of sp³-hybridized carbons (Fsp3) is 0.296. The molecule has 0 spiro atoms. The van der Waals surface area contributed by atoms with E-state index in [4.69, 9.17) is 21.3 Å². The largest absolute Gasteiger partial charge is 0.376 e. The van der Waals surface area contributed by atoms with Crippen molar-refractivity contribution in [1.82, 2.24) is 4.90 Å². The summed E-state index contributed by atoms with van der Waals surface area (Å²) >= 11 is 7.53. The van der Waals surface area contributed by atoms with Crippen LogP contribution in [0, 0.1) is 6.92 Å². The van der Waals surface area contributed by atoms with Gasteiger partial charge >= 0.3 is 0 Å². The van der Waals surface area contributed by atoms with Gasteiger partial charge in [-0.2, -0.15) is 0 Å². The van der Waals surface area contributed by atoms with Crippen LogP contribution in [0.15, 0.2) is 65.7 Å². The highest BCUT2D eigenvalue weighted by molar-refractivity contribution is 8.15. The number of aliphatic imine (C=N–C) groups is 1. The summed E-state index contributed by atoms with van der Waals surface area (Å²) < 4.78 is 5.80. The first-order chi connectivity index (χ1) is 17.0. The van der Waals surface area contributed by atoms with Gasteiger partial charge in [0, 0.05) is 29.1 Å². The van der Waals surface area contributed by atoms with Crippen molar-refractivity contribution in [2.24, 2.45) is 4.99 Å². The molecule has 2 fully saturated rings. The van der Waals surface area contributed by atoms with Crippen molar-refractivity contribution in [2.75, 3.05) is 18.5 Å². The molecule has 6 nitrogen and oxygen atoms in total. The van der Waals surface area contributed by atoms with E-state index < -0.39 is 5.25 Å². The Morgan fingerprint density at radius 2 is 1.97 bits per heavy atom. The minimum Gasteiger partial charge on any atom is -0.376 e. The lowest BCUT2D eigenvalue weighted by Gasteiger charge is -2.20. The number of benzene rings is 3. The Balaban J connectivity index is 1.40. The van der Waals surface area contributed by atoms with Crippen LogP contribution >= 0.6 is 23.4 Å². The van der Waals surface area contributed by atoms with E-state index in [-0.39, 0.29) is 24.3 Å². The molecule has 2 saturated heterocycles. The number of amidine groups is 1. The van der Waals surface area contributed by atoms with Gasteiger partial charge in [0.2, 0.25) is 11.8 Å². The van der Waals surface area contributed by atoms with Gasteiger partial charge in [-0.05, 0) is 48.9 Å². The second kappa shape index (κ2) is 10.4. The Morgan fingerprint density at radius 3 is 2.80 bits per heavy atom. The average molecular weight is 508 g/mol. The first-order valence-corrected chi connectivity index (χ1v) is 13.0. The van der Waals surface area contributed by atoms with Crippen molar-refractivity contribution in [3.63, 3.8) is 0 Å². The minimum atomic E-state index is -0.551. The molecular weight excluding hydrogens is 482 g/mol. The molecule has 2 aliphatic rings. The predicted octanol–water partition coefficient (Wildman–Crippen LogP) is 5.94. The van der Waals surface area contributed by atoms with Crippen molar-refractivity contribution in [3.05, 3.63) is 71.2 Å². The summed E-state index contributed by atoms with van der Waals surface area (Å²) in [7, 11) is 0. The summed E-state index contributed by atoms with van der Waals surface area (Å²) in [5, 5.41) is 5.65. The molecule has 0 saturated carbocycles. The highest BCUT2D eigenvalue weighted by atomic mass is 35.5. The number of nitrogens with one attached hydrogen (secondary N) is 1. The predicted molar refractivity (Wildman–Crippen MR) is 143 cm³/mol. The highest BCUT2D eigenvalue weighted by Gasteiger charge is 2.40. The third-order valence-electron chi connectivity index (χ3n) is 6.33. The number of anilines is 1. The first-order valence-electron chi connectivity index (χ1n) is 11.7. The van der Waals surface area contributed by atoms with Gasteiger partial charge in [-0.15, -0.1) is 0 Å². The van der Waals surface area contributed by atoms with Gasteiger partial charge in [-0.1, -0.05) is 65.8 Å². The van der Waals surface area contributed by atoms with Crippen LogP contribution in [0.25, 0.3) is 10.8 Å². The number of carbonyl (C=O) groups excluding carboxylic acids is 2. The molecule has 5 rings (SSSR count). The molecule has 0 bridgehead atoms. The maximum Gasteiger partial charge on any atom is 0.242 e. The number of fused-ring (bicyclic) bond motifs is 1. The smallest absolute Gasteiger partial charge is 0.242 e. The number of nitrogens with zero attached hydrogens (tertiary/aromatic N) is 2. The van der Waals surface area contributed by atoms with E-state index in [9.17, 15) is 9.59 Å². The van der Waals surface area contributed by atoms with E-state index >= 15 is 0 Å². The topological polar surface area (TPSA) is 71.0 Å². The molecule has 2 amide bonds. The molecule has 0 aliphatic carbocycles. The van der Waals surface area contributed by atoms with Crippen molar-refractivity contribution in [3.8, 4) is 0 Å². The number of hydrogen-bond donors (Lipinski definition) is 1. The molecule has 35 heavy (non-hydrogen) atoms. The zero-order chi connectivity index (χ0) is 24.4. The average Bonchev–Trinajstić information content (AvgIpc) is 3.47. The van der Waals surface area contributed by atoms with Crippen LogP contribution in [0.3, 0.4) is 0 Å². The quantitative estimate of drug-likeness (QED) is 0.448. The van der Waals surface area contributed by atoms with Gasteiger partial charge in [-0.25, -0.2) is 4.99 Å². The van der Waals surface area contributed by atoms with Crippen LogP contribution in [0.5, 0.6) is 0 Å². The van der Waals surface area contributed by atoms with Gasteiger partial charge in [-0.3, -0.25) is 14.5 Å². The molecule has 2 aliphatic heterocycles. The van der Waals surface area contributed by atoms with E-state index in [0.717, 1.165) is 34.9 Å². The monoisotopic (exact) mass is 507 g/mol. The van der Waals surface area contributed by atoms with Gasteiger partial charge in [0.15, 0.2) is 5.17 Å². The van der Waals surface area contributed by atoms with Crippen molar-refractivity contribution in [1.29, 1.82) is 0 Å². The van der Waals surface area contributed by atoms with Gasteiger partial charge in [0.1, 0.15) is 5.25 Å². The maximum atomic E-state index is 13.4. The summed E-state index contributed by atoms with van der Waals surface area (Å²) in [6.07, 6.45) is 1.93. The van der Waals surface area contributed by atoms with Crippen LogP contribution < -0.4 is 5.32 Å². The molecule has 0 unspecified atom stereocenters. The summed E-state index contributed by atoms with van der Waals surface area (Å²) in [6, 6.07) is 19.4.